The quantitative estimate of drug-likeness (QED) is 0.833. The van der Waals surface area contributed by atoms with Crippen molar-refractivity contribution >= 4 is 17.3 Å². The molecule has 0 aromatic heterocycles. The van der Waals surface area contributed by atoms with E-state index in [1.165, 1.54) is 25.1 Å². The Kier molecular flexibility index (Phi) is 7.13. The lowest BCUT2D eigenvalue weighted by Gasteiger charge is -2.34. The van der Waals surface area contributed by atoms with E-state index < -0.39 is 0 Å². The SMILES string of the molecule is CN(C)CC1CCN(c2ccc(NC(=O)CC3CCN(C)CC3)cc2)CC1. The van der Waals surface area contributed by atoms with Gasteiger partial charge in [-0.15, -0.1) is 0 Å². The number of amides is 1. The summed E-state index contributed by atoms with van der Waals surface area (Å²) in [6.45, 7) is 5.66. The second kappa shape index (κ2) is 9.56. The summed E-state index contributed by atoms with van der Waals surface area (Å²) in [7, 11) is 6.47. The molecule has 2 aliphatic heterocycles. The summed E-state index contributed by atoms with van der Waals surface area (Å²) in [6.07, 6.45) is 5.43. The Bertz CT molecular complexity index is 585. The van der Waals surface area contributed by atoms with E-state index in [0.29, 0.717) is 12.3 Å². The molecule has 0 radical (unpaired) electrons. The molecule has 0 spiro atoms. The summed E-state index contributed by atoms with van der Waals surface area (Å²) in [4.78, 5) is 19.4. The molecule has 2 saturated heterocycles. The van der Waals surface area contributed by atoms with Gasteiger partial charge in [0.25, 0.3) is 0 Å². The van der Waals surface area contributed by atoms with E-state index in [0.717, 1.165) is 50.6 Å². The molecule has 0 unspecified atom stereocenters. The minimum Gasteiger partial charge on any atom is -0.372 e. The highest BCUT2D eigenvalue weighted by atomic mass is 16.1. The number of piperidine rings is 2. The van der Waals surface area contributed by atoms with Crippen LogP contribution in [0.4, 0.5) is 11.4 Å². The Morgan fingerprint density at radius 1 is 1.00 bits per heavy atom. The molecule has 2 heterocycles. The number of likely N-dealkylation sites (tertiary alicyclic amines) is 1. The fraction of sp³-hybridized carbons (Fsp3) is 0.682. The van der Waals surface area contributed by atoms with Crippen LogP contribution in [0.15, 0.2) is 24.3 Å². The van der Waals surface area contributed by atoms with Gasteiger partial charge in [0.15, 0.2) is 0 Å². The van der Waals surface area contributed by atoms with Crippen LogP contribution >= 0.6 is 0 Å². The van der Waals surface area contributed by atoms with Gasteiger partial charge < -0.3 is 20.0 Å². The first-order chi connectivity index (χ1) is 13.0. The average Bonchev–Trinajstić information content (AvgIpc) is 2.64. The molecule has 150 valence electrons. The van der Waals surface area contributed by atoms with Gasteiger partial charge in [0.1, 0.15) is 0 Å². The lowest BCUT2D eigenvalue weighted by molar-refractivity contribution is -0.117. The van der Waals surface area contributed by atoms with Crippen molar-refractivity contribution in [1.82, 2.24) is 9.80 Å². The Morgan fingerprint density at radius 2 is 1.59 bits per heavy atom. The molecule has 1 amide bonds. The number of hydrogen-bond donors (Lipinski definition) is 1. The molecule has 1 N–H and O–H groups in total. The van der Waals surface area contributed by atoms with E-state index in [1.807, 2.05) is 12.1 Å². The van der Waals surface area contributed by atoms with Gasteiger partial charge in [-0.3, -0.25) is 4.79 Å². The molecule has 0 saturated carbocycles. The summed E-state index contributed by atoms with van der Waals surface area (Å²) in [5.41, 5.74) is 2.19. The van der Waals surface area contributed by atoms with Gasteiger partial charge in [-0.05, 0) is 96.0 Å². The Morgan fingerprint density at radius 3 is 2.19 bits per heavy atom. The Hall–Kier alpha value is -1.59. The highest BCUT2D eigenvalue weighted by Gasteiger charge is 2.21. The van der Waals surface area contributed by atoms with Crippen LogP contribution in [-0.4, -0.2) is 69.6 Å². The zero-order valence-electron chi connectivity index (χ0n) is 17.3. The third kappa shape index (κ3) is 6.22. The molecular formula is C22H36N4O. The van der Waals surface area contributed by atoms with Crippen molar-refractivity contribution in [3.8, 4) is 0 Å². The number of hydrogen-bond acceptors (Lipinski definition) is 4. The minimum atomic E-state index is 0.154. The summed E-state index contributed by atoms with van der Waals surface area (Å²) >= 11 is 0. The van der Waals surface area contributed by atoms with Crippen molar-refractivity contribution in [2.75, 3.05) is 64.1 Å². The number of carbonyl (C=O) groups is 1. The topological polar surface area (TPSA) is 38.8 Å². The lowest BCUT2D eigenvalue weighted by Crippen LogP contribution is -2.37. The van der Waals surface area contributed by atoms with Crippen LogP contribution in [0.5, 0.6) is 0 Å². The van der Waals surface area contributed by atoms with Crippen LogP contribution in [-0.2, 0) is 4.79 Å². The van der Waals surface area contributed by atoms with E-state index in [2.05, 4.69) is 53.3 Å². The first kappa shape index (κ1) is 20.2. The van der Waals surface area contributed by atoms with Crippen LogP contribution in [0.1, 0.15) is 32.1 Å². The van der Waals surface area contributed by atoms with Gasteiger partial charge in [-0.25, -0.2) is 0 Å². The summed E-state index contributed by atoms with van der Waals surface area (Å²) in [5, 5.41) is 3.08. The first-order valence-electron chi connectivity index (χ1n) is 10.5. The standard InChI is InChI=1S/C22H36N4O/c1-24(2)17-19-10-14-26(15-11-19)21-6-4-20(5-7-21)23-22(27)16-18-8-12-25(3)13-9-18/h4-7,18-19H,8-17H2,1-3H3,(H,23,27). The van der Waals surface area contributed by atoms with E-state index in [9.17, 15) is 4.79 Å². The van der Waals surface area contributed by atoms with Crippen molar-refractivity contribution in [3.63, 3.8) is 0 Å². The van der Waals surface area contributed by atoms with Crippen molar-refractivity contribution in [3.05, 3.63) is 24.3 Å². The maximum Gasteiger partial charge on any atom is 0.224 e. The minimum absolute atomic E-state index is 0.154. The molecule has 2 fully saturated rings. The fourth-order valence-electron chi connectivity index (χ4n) is 4.39. The van der Waals surface area contributed by atoms with E-state index in [-0.39, 0.29) is 5.91 Å². The first-order valence-corrected chi connectivity index (χ1v) is 10.5. The van der Waals surface area contributed by atoms with Crippen molar-refractivity contribution in [1.29, 1.82) is 0 Å². The molecule has 0 atom stereocenters. The van der Waals surface area contributed by atoms with Gasteiger partial charge in [-0.1, -0.05) is 0 Å². The predicted octanol–water partition coefficient (Wildman–Crippen LogP) is 3.14. The molecule has 5 nitrogen and oxygen atoms in total. The lowest BCUT2D eigenvalue weighted by atomic mass is 9.93. The molecule has 0 aliphatic carbocycles. The molecular weight excluding hydrogens is 336 g/mol. The van der Waals surface area contributed by atoms with Crippen molar-refractivity contribution < 1.29 is 4.79 Å². The Labute approximate surface area is 164 Å². The number of rotatable bonds is 6. The van der Waals surface area contributed by atoms with Crippen LogP contribution in [0.2, 0.25) is 0 Å². The van der Waals surface area contributed by atoms with Crippen LogP contribution in [0.3, 0.4) is 0 Å². The molecule has 2 aliphatic rings. The number of nitrogens with one attached hydrogen (secondary N) is 1. The normalized spacial score (nSPS) is 20.2. The molecule has 0 bridgehead atoms. The van der Waals surface area contributed by atoms with Gasteiger partial charge in [0, 0.05) is 37.4 Å². The fourth-order valence-corrected chi connectivity index (χ4v) is 4.39. The molecule has 5 heteroatoms. The maximum absolute atomic E-state index is 12.3. The zero-order valence-corrected chi connectivity index (χ0v) is 17.3. The van der Waals surface area contributed by atoms with Crippen LogP contribution < -0.4 is 10.2 Å². The maximum atomic E-state index is 12.3. The number of benzene rings is 1. The zero-order chi connectivity index (χ0) is 19.2. The summed E-state index contributed by atoms with van der Waals surface area (Å²) in [6, 6.07) is 8.40. The van der Waals surface area contributed by atoms with Gasteiger partial charge in [0.2, 0.25) is 5.91 Å². The largest absolute Gasteiger partial charge is 0.372 e. The number of anilines is 2. The predicted molar refractivity (Wildman–Crippen MR) is 113 cm³/mol. The van der Waals surface area contributed by atoms with Gasteiger partial charge >= 0.3 is 0 Å². The third-order valence-electron chi connectivity index (χ3n) is 6.07. The van der Waals surface area contributed by atoms with Crippen molar-refractivity contribution in [2.24, 2.45) is 11.8 Å². The summed E-state index contributed by atoms with van der Waals surface area (Å²) < 4.78 is 0. The highest BCUT2D eigenvalue weighted by Crippen LogP contribution is 2.25. The van der Waals surface area contributed by atoms with Crippen molar-refractivity contribution in [2.45, 2.75) is 32.1 Å². The number of nitrogens with zero attached hydrogens (tertiary/aromatic N) is 3. The van der Waals surface area contributed by atoms with E-state index in [4.69, 9.17) is 0 Å². The number of carbonyl (C=O) groups excluding carboxylic acids is 1. The molecule has 1 aromatic rings. The third-order valence-corrected chi connectivity index (χ3v) is 6.07. The smallest absolute Gasteiger partial charge is 0.224 e. The van der Waals surface area contributed by atoms with Crippen LogP contribution in [0.25, 0.3) is 0 Å². The van der Waals surface area contributed by atoms with Gasteiger partial charge in [-0.2, -0.15) is 0 Å². The molecule has 27 heavy (non-hydrogen) atoms. The monoisotopic (exact) mass is 372 g/mol. The van der Waals surface area contributed by atoms with Gasteiger partial charge in [0.05, 0.1) is 0 Å². The average molecular weight is 373 g/mol. The Balaban J connectivity index is 1.44. The highest BCUT2D eigenvalue weighted by molar-refractivity contribution is 5.91. The van der Waals surface area contributed by atoms with E-state index in [1.54, 1.807) is 0 Å². The van der Waals surface area contributed by atoms with E-state index >= 15 is 0 Å². The second-order valence-corrected chi connectivity index (χ2v) is 8.74. The second-order valence-electron chi connectivity index (χ2n) is 8.74. The summed E-state index contributed by atoms with van der Waals surface area (Å²) in [5.74, 6) is 1.50. The molecule has 1 aromatic carbocycles. The van der Waals surface area contributed by atoms with Crippen LogP contribution in [0, 0.1) is 11.8 Å². The molecule has 3 rings (SSSR count).